The van der Waals surface area contributed by atoms with E-state index in [1.807, 2.05) is 6.92 Å². The average Bonchev–Trinajstić information content (AvgIpc) is 2.28. The Hall–Kier alpha value is -1.28. The molecule has 0 saturated heterocycles. The zero-order valence-electron chi connectivity index (χ0n) is 10.4. The van der Waals surface area contributed by atoms with E-state index in [4.69, 9.17) is 4.74 Å². The Labute approximate surface area is 109 Å². The van der Waals surface area contributed by atoms with Gasteiger partial charge in [0, 0.05) is 18.8 Å². The summed E-state index contributed by atoms with van der Waals surface area (Å²) in [6.07, 6.45) is 0. The summed E-state index contributed by atoms with van der Waals surface area (Å²) in [5, 5.41) is 2.96. The fourth-order valence-electron chi connectivity index (χ4n) is 1.44. The maximum Gasteiger partial charge on any atom is 0.501 e. The van der Waals surface area contributed by atoms with Crippen LogP contribution in [-0.4, -0.2) is 33.7 Å². The van der Waals surface area contributed by atoms with Gasteiger partial charge in [0.2, 0.25) is 0 Å². The molecule has 1 aromatic carbocycles. The summed E-state index contributed by atoms with van der Waals surface area (Å²) in [6.45, 7) is 2.24. The molecular formula is C11H14F3NO3S. The van der Waals surface area contributed by atoms with E-state index in [1.54, 1.807) is 0 Å². The fourth-order valence-corrected chi connectivity index (χ4v) is 2.20. The summed E-state index contributed by atoms with van der Waals surface area (Å²) in [5.41, 5.74) is -4.77. The lowest BCUT2D eigenvalue weighted by atomic mass is 10.3. The Morgan fingerprint density at radius 3 is 2.21 bits per heavy atom. The molecule has 0 radical (unpaired) electrons. The summed E-state index contributed by atoms with van der Waals surface area (Å²) in [6, 6.07) is 4.36. The van der Waals surface area contributed by atoms with Crippen LogP contribution in [-0.2, 0) is 14.6 Å². The van der Waals surface area contributed by atoms with Crippen molar-refractivity contribution < 1.29 is 26.3 Å². The van der Waals surface area contributed by atoms with Crippen LogP contribution in [0.1, 0.15) is 6.92 Å². The standard InChI is InChI=1S/C11H14F3NO3S/c1-8(7-18-2)15-9-3-5-10(6-4-9)19(16,17)11(12,13)14/h3-6,8,15H,7H2,1-2H3. The van der Waals surface area contributed by atoms with Crippen LogP contribution in [0.25, 0.3) is 0 Å². The maximum atomic E-state index is 12.3. The number of anilines is 1. The molecule has 0 aliphatic rings. The molecule has 19 heavy (non-hydrogen) atoms. The van der Waals surface area contributed by atoms with Gasteiger partial charge in [0.15, 0.2) is 0 Å². The first-order valence-electron chi connectivity index (χ1n) is 5.35. The molecule has 0 saturated carbocycles. The van der Waals surface area contributed by atoms with E-state index in [0.29, 0.717) is 12.3 Å². The van der Waals surface area contributed by atoms with E-state index < -0.39 is 20.2 Å². The van der Waals surface area contributed by atoms with Crippen LogP contribution in [0.5, 0.6) is 0 Å². The maximum absolute atomic E-state index is 12.3. The van der Waals surface area contributed by atoms with E-state index in [1.165, 1.54) is 19.2 Å². The zero-order valence-corrected chi connectivity index (χ0v) is 11.2. The van der Waals surface area contributed by atoms with Crippen LogP contribution in [0.2, 0.25) is 0 Å². The Kier molecular flexibility index (Phi) is 4.81. The van der Waals surface area contributed by atoms with Gasteiger partial charge in [0.05, 0.1) is 11.5 Å². The predicted molar refractivity (Wildman–Crippen MR) is 64.6 cm³/mol. The molecule has 4 nitrogen and oxygen atoms in total. The van der Waals surface area contributed by atoms with E-state index >= 15 is 0 Å². The minimum absolute atomic E-state index is 0.0462. The van der Waals surface area contributed by atoms with Gasteiger partial charge in [0.1, 0.15) is 0 Å². The first-order valence-corrected chi connectivity index (χ1v) is 6.83. The van der Waals surface area contributed by atoms with Crippen molar-refractivity contribution in [2.24, 2.45) is 0 Å². The third-order valence-corrected chi connectivity index (χ3v) is 3.80. The number of halogens is 3. The monoisotopic (exact) mass is 297 g/mol. The second kappa shape index (κ2) is 5.79. The molecule has 8 heteroatoms. The molecule has 108 valence electrons. The van der Waals surface area contributed by atoms with Crippen molar-refractivity contribution in [3.8, 4) is 0 Å². The molecule has 1 N–H and O–H groups in total. The smallest absolute Gasteiger partial charge is 0.383 e. The van der Waals surface area contributed by atoms with E-state index in [2.05, 4.69) is 5.32 Å². The van der Waals surface area contributed by atoms with Gasteiger partial charge in [-0.3, -0.25) is 0 Å². The first kappa shape index (κ1) is 15.8. The summed E-state index contributed by atoms with van der Waals surface area (Å²) in [4.78, 5) is -0.773. The van der Waals surface area contributed by atoms with Crippen LogP contribution in [0.3, 0.4) is 0 Å². The number of sulfone groups is 1. The molecule has 0 aliphatic heterocycles. The molecule has 0 aromatic heterocycles. The van der Waals surface area contributed by atoms with Gasteiger partial charge < -0.3 is 10.1 Å². The van der Waals surface area contributed by atoms with Crippen molar-refractivity contribution in [2.45, 2.75) is 23.4 Å². The lowest BCUT2D eigenvalue weighted by Crippen LogP contribution is -2.23. The molecule has 0 bridgehead atoms. The highest BCUT2D eigenvalue weighted by Gasteiger charge is 2.46. The summed E-state index contributed by atoms with van der Waals surface area (Å²) < 4.78 is 64.1. The molecular weight excluding hydrogens is 283 g/mol. The van der Waals surface area contributed by atoms with Crippen molar-refractivity contribution >= 4 is 15.5 Å². The van der Waals surface area contributed by atoms with E-state index in [9.17, 15) is 21.6 Å². The highest BCUT2D eigenvalue weighted by Crippen LogP contribution is 2.30. The summed E-state index contributed by atoms with van der Waals surface area (Å²) in [5.74, 6) is 0. The Morgan fingerprint density at radius 2 is 1.79 bits per heavy atom. The van der Waals surface area contributed by atoms with Gasteiger partial charge in [0.25, 0.3) is 9.84 Å². The topological polar surface area (TPSA) is 55.4 Å². The molecule has 0 aliphatic carbocycles. The number of methoxy groups -OCH3 is 1. The van der Waals surface area contributed by atoms with Crippen molar-refractivity contribution in [3.63, 3.8) is 0 Å². The quantitative estimate of drug-likeness (QED) is 0.907. The van der Waals surface area contributed by atoms with E-state index in [0.717, 1.165) is 12.1 Å². The normalized spacial score (nSPS) is 14.2. The largest absolute Gasteiger partial charge is 0.501 e. The van der Waals surface area contributed by atoms with Crippen LogP contribution in [0, 0.1) is 0 Å². The minimum atomic E-state index is -5.29. The summed E-state index contributed by atoms with van der Waals surface area (Å²) in [7, 11) is -3.76. The van der Waals surface area contributed by atoms with Gasteiger partial charge in [-0.2, -0.15) is 13.2 Å². The van der Waals surface area contributed by atoms with E-state index in [-0.39, 0.29) is 6.04 Å². The van der Waals surface area contributed by atoms with Crippen LogP contribution >= 0.6 is 0 Å². The fraction of sp³-hybridized carbons (Fsp3) is 0.455. The zero-order chi connectivity index (χ0) is 14.7. The number of nitrogens with one attached hydrogen (secondary N) is 1. The SMILES string of the molecule is COCC(C)Nc1ccc(S(=O)(=O)C(F)(F)F)cc1. The molecule has 1 atom stereocenters. The van der Waals surface area contributed by atoms with Crippen LogP contribution in [0.15, 0.2) is 29.2 Å². The molecule has 1 aromatic rings. The first-order chi connectivity index (χ1) is 8.68. The number of hydrogen-bond donors (Lipinski definition) is 1. The third-order valence-electron chi connectivity index (χ3n) is 2.30. The highest BCUT2D eigenvalue weighted by atomic mass is 32.2. The average molecular weight is 297 g/mol. The number of benzene rings is 1. The van der Waals surface area contributed by atoms with Crippen LogP contribution < -0.4 is 5.32 Å². The molecule has 0 fully saturated rings. The van der Waals surface area contributed by atoms with Gasteiger partial charge >= 0.3 is 5.51 Å². The lowest BCUT2D eigenvalue weighted by molar-refractivity contribution is -0.0436. The third kappa shape index (κ3) is 3.84. The van der Waals surface area contributed by atoms with Crippen molar-refractivity contribution in [1.29, 1.82) is 0 Å². The van der Waals surface area contributed by atoms with Gasteiger partial charge in [-0.15, -0.1) is 0 Å². The predicted octanol–water partition coefficient (Wildman–Crippen LogP) is 2.43. The van der Waals surface area contributed by atoms with Gasteiger partial charge in [-0.25, -0.2) is 8.42 Å². The number of hydrogen-bond acceptors (Lipinski definition) is 4. The molecule has 0 amide bonds. The Bertz CT molecular complexity index is 511. The van der Waals surface area contributed by atoms with Crippen molar-refractivity contribution in [2.75, 3.05) is 19.0 Å². The molecule has 1 rings (SSSR count). The lowest BCUT2D eigenvalue weighted by Gasteiger charge is -2.14. The molecule has 0 spiro atoms. The van der Waals surface area contributed by atoms with Gasteiger partial charge in [-0.1, -0.05) is 0 Å². The second-order valence-electron chi connectivity index (χ2n) is 3.97. The number of rotatable bonds is 5. The van der Waals surface area contributed by atoms with Crippen LogP contribution in [0.4, 0.5) is 18.9 Å². The Morgan fingerprint density at radius 1 is 1.26 bits per heavy atom. The Balaban J connectivity index is 2.89. The number of ether oxygens (including phenoxy) is 1. The highest BCUT2D eigenvalue weighted by molar-refractivity contribution is 7.92. The molecule has 1 unspecified atom stereocenters. The number of alkyl halides is 3. The summed E-state index contributed by atoms with van der Waals surface area (Å²) >= 11 is 0. The molecule has 0 heterocycles. The minimum Gasteiger partial charge on any atom is -0.383 e. The van der Waals surface area contributed by atoms with Crippen molar-refractivity contribution in [1.82, 2.24) is 0 Å². The van der Waals surface area contributed by atoms with Gasteiger partial charge in [-0.05, 0) is 31.2 Å². The second-order valence-corrected chi connectivity index (χ2v) is 5.92. The van der Waals surface area contributed by atoms with Crippen molar-refractivity contribution in [3.05, 3.63) is 24.3 Å².